The second-order valence-electron chi connectivity index (χ2n) is 5.29. The third-order valence-electron chi connectivity index (χ3n) is 3.10. The third-order valence-corrected chi connectivity index (χ3v) is 5.29. The number of nitrogens with one attached hydrogen (secondary N) is 1. The van der Waals surface area contributed by atoms with Gasteiger partial charge in [-0.05, 0) is 44.6 Å². The highest BCUT2D eigenvalue weighted by Gasteiger charge is 2.33. The average molecular weight is 370 g/mol. The van der Waals surface area contributed by atoms with Crippen molar-refractivity contribution >= 4 is 57.5 Å². The van der Waals surface area contributed by atoms with Crippen molar-refractivity contribution in [3.8, 4) is 0 Å². The van der Waals surface area contributed by atoms with Gasteiger partial charge in [0, 0.05) is 11.4 Å². The van der Waals surface area contributed by atoms with Crippen LogP contribution in [0.25, 0.3) is 6.08 Å². The Morgan fingerprint density at radius 1 is 1.48 bits per heavy atom. The van der Waals surface area contributed by atoms with E-state index in [0.29, 0.717) is 15.8 Å². The summed E-state index contributed by atoms with van der Waals surface area (Å²) in [6, 6.07) is 3.87. The van der Waals surface area contributed by atoms with Crippen LogP contribution in [0.15, 0.2) is 22.4 Å². The van der Waals surface area contributed by atoms with Gasteiger partial charge >= 0.3 is 0 Å². The van der Waals surface area contributed by atoms with E-state index in [-0.39, 0.29) is 18.4 Å². The highest BCUT2D eigenvalue weighted by Crippen LogP contribution is 2.32. The molecule has 0 aliphatic carbocycles. The zero-order valence-corrected chi connectivity index (χ0v) is 15.5. The molecule has 23 heavy (non-hydrogen) atoms. The fourth-order valence-corrected chi connectivity index (χ4v) is 3.94. The maximum Gasteiger partial charge on any atom is 0.266 e. The molecule has 0 atom stereocenters. The van der Waals surface area contributed by atoms with Gasteiger partial charge in [-0.25, -0.2) is 0 Å². The Morgan fingerprint density at radius 3 is 2.91 bits per heavy atom. The molecule has 8 heteroatoms. The van der Waals surface area contributed by atoms with E-state index in [1.165, 1.54) is 16.7 Å². The molecular weight excluding hydrogens is 350 g/mol. The van der Waals surface area contributed by atoms with Crippen LogP contribution in [-0.4, -0.2) is 59.7 Å². The van der Waals surface area contributed by atoms with E-state index in [1.807, 2.05) is 37.7 Å². The molecule has 1 aromatic heterocycles. The summed E-state index contributed by atoms with van der Waals surface area (Å²) < 4.78 is 0.432. The molecular formula is C15H19N3O2S3. The molecule has 0 saturated carbocycles. The molecule has 0 spiro atoms. The second-order valence-corrected chi connectivity index (χ2v) is 7.95. The Hall–Kier alpha value is -1.22. The van der Waals surface area contributed by atoms with Gasteiger partial charge in [0.05, 0.1) is 4.91 Å². The lowest BCUT2D eigenvalue weighted by Crippen LogP contribution is -2.40. The van der Waals surface area contributed by atoms with Crippen LogP contribution >= 0.6 is 35.3 Å². The molecule has 124 valence electrons. The predicted octanol–water partition coefficient (Wildman–Crippen LogP) is 2.02. The van der Waals surface area contributed by atoms with Gasteiger partial charge in [-0.15, -0.1) is 11.3 Å². The van der Waals surface area contributed by atoms with Gasteiger partial charge in [0.15, 0.2) is 0 Å². The van der Waals surface area contributed by atoms with Crippen molar-refractivity contribution in [3.63, 3.8) is 0 Å². The number of carbonyl (C=O) groups is 2. The maximum absolute atomic E-state index is 12.4. The molecule has 1 saturated heterocycles. The van der Waals surface area contributed by atoms with Crippen molar-refractivity contribution in [3.05, 3.63) is 27.3 Å². The number of thiophene rings is 1. The Labute approximate surface area is 149 Å². The van der Waals surface area contributed by atoms with Crippen molar-refractivity contribution in [2.24, 2.45) is 0 Å². The van der Waals surface area contributed by atoms with Crippen molar-refractivity contribution in [2.75, 3.05) is 33.7 Å². The van der Waals surface area contributed by atoms with Gasteiger partial charge in [-0.2, -0.15) is 0 Å². The number of amides is 2. The highest BCUT2D eigenvalue weighted by molar-refractivity contribution is 8.26. The van der Waals surface area contributed by atoms with Crippen LogP contribution in [0.1, 0.15) is 11.3 Å². The minimum Gasteiger partial charge on any atom is -0.354 e. The number of rotatable bonds is 7. The Kier molecular flexibility index (Phi) is 6.76. The molecule has 5 nitrogen and oxygen atoms in total. The lowest BCUT2D eigenvalue weighted by molar-refractivity contribution is -0.128. The SMILES string of the molecule is CN(C)CCCNC(=O)CN1C(=O)/C(=C/c2cccs2)SC1=S. The Morgan fingerprint density at radius 2 is 2.26 bits per heavy atom. The molecule has 1 fully saturated rings. The number of hydrogen-bond donors (Lipinski definition) is 1. The van der Waals surface area contributed by atoms with Gasteiger partial charge in [0.25, 0.3) is 5.91 Å². The number of nitrogens with zero attached hydrogens (tertiary/aromatic N) is 2. The summed E-state index contributed by atoms with van der Waals surface area (Å²) >= 11 is 8.02. The van der Waals surface area contributed by atoms with Crippen LogP contribution in [0, 0.1) is 0 Å². The highest BCUT2D eigenvalue weighted by atomic mass is 32.2. The van der Waals surface area contributed by atoms with Gasteiger partial charge in [-0.1, -0.05) is 30.0 Å². The lowest BCUT2D eigenvalue weighted by atomic mass is 10.3. The molecule has 0 aromatic carbocycles. The Bertz CT molecular complexity index is 611. The molecule has 1 aliphatic heterocycles. The quantitative estimate of drug-likeness (QED) is 0.453. The smallest absolute Gasteiger partial charge is 0.266 e. The fourth-order valence-electron chi connectivity index (χ4n) is 1.96. The van der Waals surface area contributed by atoms with Crippen LogP contribution < -0.4 is 5.32 Å². The zero-order valence-electron chi connectivity index (χ0n) is 13.1. The average Bonchev–Trinajstić information content (AvgIpc) is 3.08. The van der Waals surface area contributed by atoms with Crippen LogP contribution in [0.5, 0.6) is 0 Å². The molecule has 2 heterocycles. The van der Waals surface area contributed by atoms with Crippen LogP contribution in [0.3, 0.4) is 0 Å². The van der Waals surface area contributed by atoms with Gasteiger partial charge in [0.1, 0.15) is 10.9 Å². The molecule has 2 rings (SSSR count). The van der Waals surface area contributed by atoms with E-state index in [9.17, 15) is 9.59 Å². The summed E-state index contributed by atoms with van der Waals surface area (Å²) in [6.45, 7) is 1.48. The van der Waals surface area contributed by atoms with E-state index < -0.39 is 0 Å². The first-order chi connectivity index (χ1) is 11.0. The monoisotopic (exact) mass is 369 g/mol. The first-order valence-electron chi connectivity index (χ1n) is 7.17. The minimum atomic E-state index is -0.197. The molecule has 0 bridgehead atoms. The van der Waals surface area contributed by atoms with E-state index in [4.69, 9.17) is 12.2 Å². The predicted molar refractivity (Wildman–Crippen MR) is 100 cm³/mol. The van der Waals surface area contributed by atoms with E-state index in [1.54, 1.807) is 11.3 Å². The molecule has 1 N–H and O–H groups in total. The van der Waals surface area contributed by atoms with Crippen molar-refractivity contribution in [1.82, 2.24) is 15.1 Å². The van der Waals surface area contributed by atoms with Gasteiger partial charge < -0.3 is 10.2 Å². The summed E-state index contributed by atoms with van der Waals surface area (Å²) in [5.41, 5.74) is 0. The first-order valence-corrected chi connectivity index (χ1v) is 9.28. The van der Waals surface area contributed by atoms with Crippen LogP contribution in [0.4, 0.5) is 0 Å². The van der Waals surface area contributed by atoms with Crippen LogP contribution in [-0.2, 0) is 9.59 Å². The largest absolute Gasteiger partial charge is 0.354 e. The summed E-state index contributed by atoms with van der Waals surface area (Å²) in [7, 11) is 3.98. The first kappa shape index (κ1) is 18.1. The summed E-state index contributed by atoms with van der Waals surface area (Å²) in [5.74, 6) is -0.380. The summed E-state index contributed by atoms with van der Waals surface area (Å²) in [5, 5.41) is 4.77. The second kappa shape index (κ2) is 8.58. The standard InChI is InChI=1S/C15H19N3O2S3/c1-17(2)7-4-6-16-13(19)10-18-14(20)12(23-15(18)21)9-11-5-3-8-22-11/h3,5,8-9H,4,6-7,10H2,1-2H3,(H,16,19)/b12-9-. The zero-order chi connectivity index (χ0) is 16.8. The van der Waals surface area contributed by atoms with Gasteiger partial charge in [-0.3, -0.25) is 14.5 Å². The number of thiocarbonyl (C=S) groups is 1. The van der Waals surface area contributed by atoms with E-state index in [2.05, 4.69) is 10.2 Å². The Balaban J connectivity index is 1.87. The third kappa shape index (κ3) is 5.42. The molecule has 2 amide bonds. The lowest BCUT2D eigenvalue weighted by Gasteiger charge is -2.14. The molecule has 1 aliphatic rings. The van der Waals surface area contributed by atoms with E-state index >= 15 is 0 Å². The van der Waals surface area contributed by atoms with Crippen molar-refractivity contribution in [1.29, 1.82) is 0 Å². The number of thioether (sulfide) groups is 1. The topological polar surface area (TPSA) is 52.7 Å². The minimum absolute atomic E-state index is 0.0194. The number of carbonyl (C=O) groups excluding carboxylic acids is 2. The number of hydrogen-bond acceptors (Lipinski definition) is 6. The molecule has 1 aromatic rings. The summed E-state index contributed by atoms with van der Waals surface area (Å²) in [6.07, 6.45) is 2.69. The van der Waals surface area contributed by atoms with Crippen molar-refractivity contribution in [2.45, 2.75) is 6.42 Å². The summed E-state index contributed by atoms with van der Waals surface area (Å²) in [4.78, 5) is 29.3. The van der Waals surface area contributed by atoms with Crippen LogP contribution in [0.2, 0.25) is 0 Å². The molecule has 0 radical (unpaired) electrons. The van der Waals surface area contributed by atoms with Crippen molar-refractivity contribution < 1.29 is 9.59 Å². The molecule has 0 unspecified atom stereocenters. The van der Waals surface area contributed by atoms with E-state index in [0.717, 1.165) is 17.8 Å². The fraction of sp³-hybridized carbons (Fsp3) is 0.400. The van der Waals surface area contributed by atoms with Gasteiger partial charge in [0.2, 0.25) is 5.91 Å². The normalized spacial score (nSPS) is 16.7. The maximum atomic E-state index is 12.4.